The molecule has 1 aliphatic heterocycles. The van der Waals surface area contributed by atoms with E-state index in [1.54, 1.807) is 6.07 Å². The number of nitrogens with zero attached hydrogens (tertiary/aromatic N) is 3. The zero-order valence-electron chi connectivity index (χ0n) is 13.9. The quantitative estimate of drug-likeness (QED) is 0.929. The molecule has 0 radical (unpaired) electrons. The van der Waals surface area contributed by atoms with Crippen LogP contribution in [-0.4, -0.2) is 34.1 Å². The van der Waals surface area contributed by atoms with Gasteiger partial charge >= 0.3 is 5.97 Å². The molecular weight excluding hydrogens is 306 g/mol. The van der Waals surface area contributed by atoms with Crippen LogP contribution in [0.1, 0.15) is 24.0 Å². The summed E-state index contributed by atoms with van der Waals surface area (Å²) in [4.78, 5) is 21.6. The SMILES string of the molecule is Cc1cc(C)cc(Oc2cc(N3CCC(C(=O)O)CC3)ncn2)c1. The third kappa shape index (κ3) is 3.82. The largest absolute Gasteiger partial charge is 0.481 e. The minimum atomic E-state index is -0.712. The molecule has 2 aromatic rings. The van der Waals surface area contributed by atoms with Crippen LogP contribution in [0.15, 0.2) is 30.6 Å². The van der Waals surface area contributed by atoms with Crippen LogP contribution in [0.2, 0.25) is 0 Å². The van der Waals surface area contributed by atoms with Gasteiger partial charge in [-0.1, -0.05) is 6.07 Å². The number of anilines is 1. The molecule has 1 aliphatic rings. The number of ether oxygens (including phenoxy) is 1. The first kappa shape index (κ1) is 16.2. The number of aromatic nitrogens is 2. The van der Waals surface area contributed by atoms with E-state index in [1.807, 2.05) is 26.0 Å². The summed E-state index contributed by atoms with van der Waals surface area (Å²) in [7, 11) is 0. The van der Waals surface area contributed by atoms with Crippen molar-refractivity contribution >= 4 is 11.8 Å². The predicted octanol–water partition coefficient (Wildman–Crippen LogP) is 3.19. The zero-order valence-corrected chi connectivity index (χ0v) is 13.9. The van der Waals surface area contributed by atoms with Gasteiger partial charge in [0.05, 0.1) is 5.92 Å². The van der Waals surface area contributed by atoms with Crippen molar-refractivity contribution in [2.24, 2.45) is 5.92 Å². The molecule has 1 N–H and O–H groups in total. The van der Waals surface area contributed by atoms with Gasteiger partial charge < -0.3 is 14.7 Å². The second kappa shape index (κ2) is 6.86. The molecule has 1 aromatic heterocycles. The lowest BCUT2D eigenvalue weighted by atomic mass is 9.97. The van der Waals surface area contributed by atoms with E-state index in [4.69, 9.17) is 9.84 Å². The van der Waals surface area contributed by atoms with Gasteiger partial charge in [-0.15, -0.1) is 0 Å². The first-order valence-corrected chi connectivity index (χ1v) is 8.07. The first-order valence-electron chi connectivity index (χ1n) is 8.07. The maximum Gasteiger partial charge on any atom is 0.306 e. The van der Waals surface area contributed by atoms with Gasteiger partial charge in [0.25, 0.3) is 0 Å². The number of piperidine rings is 1. The van der Waals surface area contributed by atoms with Gasteiger partial charge in [0, 0.05) is 19.2 Å². The van der Waals surface area contributed by atoms with Gasteiger partial charge in [-0.25, -0.2) is 9.97 Å². The molecule has 2 heterocycles. The first-order chi connectivity index (χ1) is 11.5. The fourth-order valence-corrected chi connectivity index (χ4v) is 3.03. The normalized spacial score (nSPS) is 15.3. The van der Waals surface area contributed by atoms with Gasteiger partial charge in [0.2, 0.25) is 5.88 Å². The van der Waals surface area contributed by atoms with Gasteiger partial charge in [-0.2, -0.15) is 0 Å². The molecule has 6 nitrogen and oxygen atoms in total. The highest BCUT2D eigenvalue weighted by atomic mass is 16.5. The van der Waals surface area contributed by atoms with Crippen LogP contribution in [-0.2, 0) is 4.79 Å². The van der Waals surface area contributed by atoms with E-state index in [0.29, 0.717) is 31.8 Å². The van der Waals surface area contributed by atoms with Crippen LogP contribution in [0.5, 0.6) is 11.6 Å². The summed E-state index contributed by atoms with van der Waals surface area (Å²) in [5.74, 6) is 1.05. The number of carboxylic acid groups (broad SMARTS) is 1. The topological polar surface area (TPSA) is 75.5 Å². The molecule has 0 unspecified atom stereocenters. The number of rotatable bonds is 4. The Balaban J connectivity index is 1.71. The summed E-state index contributed by atoms with van der Waals surface area (Å²) in [6, 6.07) is 7.82. The lowest BCUT2D eigenvalue weighted by Gasteiger charge is -2.30. The van der Waals surface area contributed by atoms with Crippen LogP contribution >= 0.6 is 0 Å². The Morgan fingerprint density at radius 2 is 1.79 bits per heavy atom. The summed E-state index contributed by atoms with van der Waals surface area (Å²) in [6.45, 7) is 5.41. The molecule has 0 amide bonds. The van der Waals surface area contributed by atoms with Crippen molar-refractivity contribution in [1.29, 1.82) is 0 Å². The van der Waals surface area contributed by atoms with E-state index >= 15 is 0 Å². The minimum absolute atomic E-state index is 0.255. The van der Waals surface area contributed by atoms with Crippen molar-refractivity contribution in [2.75, 3.05) is 18.0 Å². The Labute approximate surface area is 141 Å². The third-order valence-corrected chi connectivity index (χ3v) is 4.21. The van der Waals surface area contributed by atoms with E-state index in [1.165, 1.54) is 6.33 Å². The fourth-order valence-electron chi connectivity index (χ4n) is 3.03. The average Bonchev–Trinajstić information content (AvgIpc) is 2.54. The molecule has 1 aromatic carbocycles. The Hall–Kier alpha value is -2.63. The highest BCUT2D eigenvalue weighted by molar-refractivity contribution is 5.70. The molecule has 0 atom stereocenters. The van der Waals surface area contributed by atoms with Crippen LogP contribution < -0.4 is 9.64 Å². The van der Waals surface area contributed by atoms with E-state index < -0.39 is 5.97 Å². The van der Waals surface area contributed by atoms with Gasteiger partial charge in [0.15, 0.2) is 0 Å². The summed E-state index contributed by atoms with van der Waals surface area (Å²) in [6.07, 6.45) is 2.75. The number of aliphatic carboxylic acids is 1. The molecular formula is C18H21N3O3. The second-order valence-electron chi connectivity index (χ2n) is 6.24. The molecule has 0 aliphatic carbocycles. The number of benzene rings is 1. The van der Waals surface area contributed by atoms with Crippen molar-refractivity contribution in [3.05, 3.63) is 41.7 Å². The van der Waals surface area contributed by atoms with Crippen molar-refractivity contribution in [3.63, 3.8) is 0 Å². The Bertz CT molecular complexity index is 720. The van der Waals surface area contributed by atoms with E-state index in [0.717, 1.165) is 22.7 Å². The second-order valence-corrected chi connectivity index (χ2v) is 6.24. The van der Waals surface area contributed by atoms with Gasteiger partial charge in [-0.3, -0.25) is 4.79 Å². The summed E-state index contributed by atoms with van der Waals surface area (Å²) < 4.78 is 5.86. The highest BCUT2D eigenvalue weighted by Gasteiger charge is 2.25. The van der Waals surface area contributed by atoms with Crippen LogP contribution in [0.25, 0.3) is 0 Å². The number of hydrogen-bond acceptors (Lipinski definition) is 5. The van der Waals surface area contributed by atoms with E-state index in [-0.39, 0.29) is 5.92 Å². The predicted molar refractivity (Wildman–Crippen MR) is 90.6 cm³/mol. The van der Waals surface area contributed by atoms with Gasteiger partial charge in [-0.05, 0) is 49.9 Å². The van der Waals surface area contributed by atoms with Crippen LogP contribution in [0, 0.1) is 19.8 Å². The van der Waals surface area contributed by atoms with Gasteiger partial charge in [0.1, 0.15) is 17.9 Å². The standard InChI is InChI=1S/C18H21N3O3/c1-12-7-13(2)9-15(8-12)24-17-10-16(19-11-20-17)21-5-3-14(4-6-21)18(22)23/h7-11,14H,3-6H2,1-2H3,(H,22,23). The molecule has 24 heavy (non-hydrogen) atoms. The zero-order chi connectivity index (χ0) is 17.1. The van der Waals surface area contributed by atoms with Crippen molar-refractivity contribution in [1.82, 2.24) is 9.97 Å². The van der Waals surface area contributed by atoms with Crippen molar-refractivity contribution in [2.45, 2.75) is 26.7 Å². The minimum Gasteiger partial charge on any atom is -0.481 e. The number of carboxylic acids is 1. The number of hydrogen-bond donors (Lipinski definition) is 1. The van der Waals surface area contributed by atoms with Crippen molar-refractivity contribution < 1.29 is 14.6 Å². The van der Waals surface area contributed by atoms with Crippen molar-refractivity contribution in [3.8, 4) is 11.6 Å². The lowest BCUT2D eigenvalue weighted by Crippen LogP contribution is -2.36. The molecule has 6 heteroatoms. The summed E-state index contributed by atoms with van der Waals surface area (Å²) >= 11 is 0. The number of carbonyl (C=O) groups is 1. The number of aryl methyl sites for hydroxylation is 2. The smallest absolute Gasteiger partial charge is 0.306 e. The molecule has 126 valence electrons. The lowest BCUT2D eigenvalue weighted by molar-refractivity contribution is -0.142. The Morgan fingerprint density at radius 1 is 1.12 bits per heavy atom. The maximum atomic E-state index is 11.0. The van der Waals surface area contributed by atoms with Crippen LogP contribution in [0.3, 0.4) is 0 Å². The fraction of sp³-hybridized carbons (Fsp3) is 0.389. The summed E-state index contributed by atoms with van der Waals surface area (Å²) in [5, 5.41) is 9.08. The van der Waals surface area contributed by atoms with Crippen LogP contribution in [0.4, 0.5) is 5.82 Å². The van der Waals surface area contributed by atoms with E-state index in [9.17, 15) is 4.79 Å². The Morgan fingerprint density at radius 3 is 2.42 bits per heavy atom. The molecule has 0 saturated carbocycles. The molecule has 3 rings (SSSR count). The maximum absolute atomic E-state index is 11.0. The monoisotopic (exact) mass is 327 g/mol. The molecule has 1 saturated heterocycles. The Kier molecular flexibility index (Phi) is 4.64. The molecule has 0 bridgehead atoms. The summed E-state index contributed by atoms with van der Waals surface area (Å²) in [5.41, 5.74) is 2.27. The molecule has 0 spiro atoms. The third-order valence-electron chi connectivity index (χ3n) is 4.21. The highest BCUT2D eigenvalue weighted by Crippen LogP contribution is 2.26. The average molecular weight is 327 g/mol. The van der Waals surface area contributed by atoms with E-state index in [2.05, 4.69) is 20.9 Å². The molecule has 1 fully saturated rings.